The molecule has 7 nitrogen and oxygen atoms in total. The first-order valence-electron chi connectivity index (χ1n) is 9.11. The minimum absolute atomic E-state index is 0.0229. The van der Waals surface area contributed by atoms with Crippen molar-refractivity contribution in [1.29, 1.82) is 0 Å². The first kappa shape index (κ1) is 21.8. The molecule has 0 radical (unpaired) electrons. The predicted molar refractivity (Wildman–Crippen MR) is 111 cm³/mol. The van der Waals surface area contributed by atoms with E-state index in [1.54, 1.807) is 24.3 Å². The second-order valence-corrected chi connectivity index (χ2v) is 7.44. The van der Waals surface area contributed by atoms with Gasteiger partial charge in [0.05, 0.1) is 17.7 Å². The molecular formula is C21H18Cl2N2O5. The van der Waals surface area contributed by atoms with Gasteiger partial charge in [-0.25, -0.2) is 5.01 Å². The molecule has 2 aromatic carbocycles. The van der Waals surface area contributed by atoms with Gasteiger partial charge < -0.3 is 4.74 Å². The summed E-state index contributed by atoms with van der Waals surface area (Å²) in [7, 11) is 1.50. The molecule has 0 unspecified atom stereocenters. The van der Waals surface area contributed by atoms with E-state index in [1.807, 2.05) is 0 Å². The summed E-state index contributed by atoms with van der Waals surface area (Å²) < 4.78 is 5.07. The van der Waals surface area contributed by atoms with Crippen molar-refractivity contribution in [3.63, 3.8) is 0 Å². The van der Waals surface area contributed by atoms with E-state index >= 15 is 0 Å². The molecular weight excluding hydrogens is 431 g/mol. The van der Waals surface area contributed by atoms with Gasteiger partial charge in [-0.05, 0) is 48.9 Å². The van der Waals surface area contributed by atoms with Crippen molar-refractivity contribution in [2.45, 2.75) is 19.3 Å². The van der Waals surface area contributed by atoms with Crippen molar-refractivity contribution in [1.82, 2.24) is 10.0 Å². The van der Waals surface area contributed by atoms with Crippen LogP contribution in [0.1, 0.15) is 40.0 Å². The highest BCUT2D eigenvalue weighted by Gasteiger charge is 2.36. The van der Waals surface area contributed by atoms with Crippen molar-refractivity contribution in [3.05, 3.63) is 63.6 Å². The highest BCUT2D eigenvalue weighted by atomic mass is 35.5. The fraction of sp³-hybridized carbons (Fsp3) is 0.238. The molecule has 0 aliphatic carbocycles. The maximum atomic E-state index is 13.2. The number of hydrazine groups is 1. The molecule has 0 saturated carbocycles. The van der Waals surface area contributed by atoms with Gasteiger partial charge in [-0.1, -0.05) is 23.2 Å². The topological polar surface area (TPSA) is 84.0 Å². The molecule has 156 valence electrons. The van der Waals surface area contributed by atoms with E-state index in [2.05, 4.69) is 0 Å². The van der Waals surface area contributed by atoms with Crippen molar-refractivity contribution in [2.75, 3.05) is 13.7 Å². The van der Waals surface area contributed by atoms with Gasteiger partial charge in [0.1, 0.15) is 12.3 Å². The number of imide groups is 1. The number of ether oxygens (including phenoxy) is 1. The maximum Gasteiger partial charge on any atom is 0.274 e. The number of methoxy groups -OCH3 is 1. The standard InChI is InChI=1S/C21H18Cl2N2O5/c1-30-15-8-5-13(6-9-15)18(26)12-24(25-19(27)3-2-4-20(25)28)21(29)16-10-7-14(22)11-17(16)23/h5-11H,2-4,12H2,1H3. The summed E-state index contributed by atoms with van der Waals surface area (Å²) in [5.74, 6) is -1.74. The number of carbonyl (C=O) groups is 4. The lowest BCUT2D eigenvalue weighted by Gasteiger charge is -2.35. The zero-order valence-electron chi connectivity index (χ0n) is 16.1. The summed E-state index contributed by atoms with van der Waals surface area (Å²) in [5, 5.41) is 1.97. The van der Waals surface area contributed by atoms with E-state index in [1.165, 1.54) is 25.3 Å². The largest absolute Gasteiger partial charge is 0.497 e. The first-order chi connectivity index (χ1) is 14.3. The Labute approximate surface area is 183 Å². The van der Waals surface area contributed by atoms with Crippen molar-refractivity contribution < 1.29 is 23.9 Å². The fourth-order valence-electron chi connectivity index (χ4n) is 3.05. The molecule has 0 spiro atoms. The zero-order valence-corrected chi connectivity index (χ0v) is 17.6. The summed E-state index contributed by atoms with van der Waals surface area (Å²) in [6.07, 6.45) is 0.589. The van der Waals surface area contributed by atoms with Crippen LogP contribution in [0, 0.1) is 0 Å². The monoisotopic (exact) mass is 448 g/mol. The Bertz CT molecular complexity index is 991. The highest BCUT2D eigenvalue weighted by Crippen LogP contribution is 2.25. The number of halogens is 2. The Balaban J connectivity index is 1.96. The lowest BCUT2D eigenvalue weighted by Crippen LogP contribution is -2.56. The van der Waals surface area contributed by atoms with Crippen LogP contribution in [0.25, 0.3) is 0 Å². The van der Waals surface area contributed by atoms with E-state index in [0.29, 0.717) is 22.8 Å². The van der Waals surface area contributed by atoms with E-state index in [0.717, 1.165) is 10.0 Å². The van der Waals surface area contributed by atoms with Crippen molar-refractivity contribution in [2.24, 2.45) is 0 Å². The minimum Gasteiger partial charge on any atom is -0.497 e. The van der Waals surface area contributed by atoms with Crippen LogP contribution in [-0.4, -0.2) is 47.2 Å². The van der Waals surface area contributed by atoms with Crippen LogP contribution in [0.15, 0.2) is 42.5 Å². The second kappa shape index (κ2) is 9.28. The van der Waals surface area contributed by atoms with E-state index in [4.69, 9.17) is 27.9 Å². The Kier molecular flexibility index (Phi) is 6.74. The number of rotatable bonds is 6. The SMILES string of the molecule is COc1ccc(C(=O)CN(C(=O)c2ccc(Cl)cc2Cl)N2C(=O)CCCC2=O)cc1. The molecule has 30 heavy (non-hydrogen) atoms. The molecule has 1 aliphatic rings. The van der Waals surface area contributed by atoms with Crippen LogP contribution in [0.4, 0.5) is 0 Å². The third-order valence-electron chi connectivity index (χ3n) is 4.60. The zero-order chi connectivity index (χ0) is 21.8. The van der Waals surface area contributed by atoms with Gasteiger partial charge in [-0.15, -0.1) is 0 Å². The van der Waals surface area contributed by atoms with Crippen LogP contribution in [-0.2, 0) is 9.59 Å². The molecule has 0 N–H and O–H groups in total. The van der Waals surface area contributed by atoms with Crippen LogP contribution in [0.5, 0.6) is 5.75 Å². The summed E-state index contributed by atoms with van der Waals surface area (Å²) in [6, 6.07) is 10.5. The van der Waals surface area contributed by atoms with E-state index in [9.17, 15) is 19.2 Å². The summed E-state index contributed by atoms with van der Waals surface area (Å²) in [4.78, 5) is 51.0. The Morgan fingerprint density at radius 2 is 1.67 bits per heavy atom. The van der Waals surface area contributed by atoms with Gasteiger partial charge >= 0.3 is 0 Å². The Morgan fingerprint density at radius 1 is 1.03 bits per heavy atom. The van der Waals surface area contributed by atoms with Crippen LogP contribution in [0.2, 0.25) is 10.0 Å². The van der Waals surface area contributed by atoms with Crippen molar-refractivity contribution in [3.8, 4) is 5.75 Å². The summed E-state index contributed by atoms with van der Waals surface area (Å²) in [5.41, 5.74) is 0.322. The molecule has 0 aromatic heterocycles. The number of carbonyl (C=O) groups excluding carboxylic acids is 4. The van der Waals surface area contributed by atoms with Crippen LogP contribution in [0.3, 0.4) is 0 Å². The number of hydrogen-bond donors (Lipinski definition) is 0. The quantitative estimate of drug-likeness (QED) is 0.495. The third kappa shape index (κ3) is 4.63. The number of ketones is 1. The number of piperidine rings is 1. The van der Waals surface area contributed by atoms with Gasteiger partial charge in [-0.2, -0.15) is 5.01 Å². The Morgan fingerprint density at radius 3 is 2.23 bits per heavy atom. The molecule has 1 fully saturated rings. The molecule has 2 aromatic rings. The van der Waals surface area contributed by atoms with Gasteiger partial charge in [0.25, 0.3) is 5.91 Å². The normalized spacial score (nSPS) is 13.9. The number of hydrogen-bond acceptors (Lipinski definition) is 5. The van der Waals surface area contributed by atoms with Crippen LogP contribution >= 0.6 is 23.2 Å². The minimum atomic E-state index is -0.748. The molecule has 9 heteroatoms. The van der Waals surface area contributed by atoms with Gasteiger partial charge in [0, 0.05) is 23.4 Å². The lowest BCUT2D eigenvalue weighted by molar-refractivity contribution is -0.162. The van der Waals surface area contributed by atoms with Gasteiger partial charge in [0.15, 0.2) is 5.78 Å². The Hall–Kier alpha value is -2.90. The number of nitrogens with zero attached hydrogens (tertiary/aromatic N) is 2. The third-order valence-corrected chi connectivity index (χ3v) is 5.14. The summed E-state index contributed by atoms with van der Waals surface area (Å²) in [6.45, 7) is -0.512. The molecule has 1 heterocycles. The molecule has 0 bridgehead atoms. The average Bonchev–Trinajstić information content (AvgIpc) is 2.72. The summed E-state index contributed by atoms with van der Waals surface area (Å²) >= 11 is 12.0. The van der Waals surface area contributed by atoms with Gasteiger partial charge in [0.2, 0.25) is 11.8 Å². The highest BCUT2D eigenvalue weighted by molar-refractivity contribution is 6.36. The van der Waals surface area contributed by atoms with E-state index < -0.39 is 30.0 Å². The molecule has 3 rings (SSSR count). The molecule has 0 atom stereocenters. The second-order valence-electron chi connectivity index (χ2n) is 6.59. The van der Waals surface area contributed by atoms with E-state index in [-0.39, 0.29) is 23.4 Å². The number of Topliss-reactive ketones (excluding diaryl/α,β-unsaturated/α-hetero) is 1. The number of benzene rings is 2. The number of amides is 3. The van der Waals surface area contributed by atoms with Crippen molar-refractivity contribution >= 4 is 46.7 Å². The maximum absolute atomic E-state index is 13.2. The predicted octanol–water partition coefficient (Wildman–Crippen LogP) is 3.78. The average molecular weight is 449 g/mol. The smallest absolute Gasteiger partial charge is 0.274 e. The molecule has 1 saturated heterocycles. The van der Waals surface area contributed by atoms with Gasteiger partial charge in [-0.3, -0.25) is 19.2 Å². The molecule has 3 amide bonds. The fourth-order valence-corrected chi connectivity index (χ4v) is 3.54. The molecule has 1 aliphatic heterocycles. The first-order valence-corrected chi connectivity index (χ1v) is 9.87. The lowest BCUT2D eigenvalue weighted by atomic mass is 10.1. The van der Waals surface area contributed by atoms with Crippen LogP contribution < -0.4 is 4.74 Å².